The van der Waals surface area contributed by atoms with Crippen LogP contribution in [0, 0.1) is 29.9 Å². The largest absolute Gasteiger partial charge is 0.354 e. The molecular formula is C25H22F2N4O. The molecule has 0 unspecified atom stereocenters. The Hall–Kier alpha value is -3.79. The summed E-state index contributed by atoms with van der Waals surface area (Å²) in [7, 11) is 0. The topological polar surface area (TPSA) is 60.2 Å². The van der Waals surface area contributed by atoms with E-state index in [2.05, 4.69) is 11.1 Å². The number of aryl methyl sites for hydroxylation is 1. The summed E-state index contributed by atoms with van der Waals surface area (Å²) in [6.07, 6.45) is 2.36. The van der Waals surface area contributed by atoms with Crippen LogP contribution in [0.2, 0.25) is 0 Å². The number of nitrogens with zero attached hydrogens (tertiary/aromatic N) is 4. The smallest absolute Gasteiger partial charge is 0.254 e. The molecule has 1 amide bonds. The van der Waals surface area contributed by atoms with Crippen LogP contribution in [0.3, 0.4) is 0 Å². The molecule has 5 nitrogen and oxygen atoms in total. The highest BCUT2D eigenvalue weighted by molar-refractivity contribution is 5.95. The fourth-order valence-electron chi connectivity index (χ4n) is 4.05. The lowest BCUT2D eigenvalue weighted by atomic mass is 9.98. The van der Waals surface area contributed by atoms with Gasteiger partial charge >= 0.3 is 0 Å². The molecule has 2 aromatic carbocycles. The fourth-order valence-corrected chi connectivity index (χ4v) is 4.05. The number of hydrogen-bond acceptors (Lipinski definition) is 4. The van der Waals surface area contributed by atoms with Crippen LogP contribution in [0.5, 0.6) is 0 Å². The maximum absolute atomic E-state index is 14.9. The Balaban J connectivity index is 1.51. The summed E-state index contributed by atoms with van der Waals surface area (Å²) in [5.41, 5.74) is 2.33. The number of anilines is 1. The summed E-state index contributed by atoms with van der Waals surface area (Å²) in [5.74, 6) is -0.514. The van der Waals surface area contributed by atoms with Gasteiger partial charge in [-0.2, -0.15) is 5.26 Å². The van der Waals surface area contributed by atoms with E-state index in [1.54, 1.807) is 48.4 Å². The van der Waals surface area contributed by atoms with Crippen molar-refractivity contribution >= 4 is 11.7 Å². The van der Waals surface area contributed by atoms with Crippen LogP contribution >= 0.6 is 0 Å². The summed E-state index contributed by atoms with van der Waals surface area (Å²) >= 11 is 0. The summed E-state index contributed by atoms with van der Waals surface area (Å²) in [6, 6.07) is 14.2. The molecule has 32 heavy (non-hydrogen) atoms. The molecule has 0 N–H and O–H groups in total. The molecule has 1 fully saturated rings. The van der Waals surface area contributed by atoms with E-state index in [-0.39, 0.29) is 17.3 Å². The monoisotopic (exact) mass is 432 g/mol. The van der Waals surface area contributed by atoms with Gasteiger partial charge in [-0.25, -0.2) is 13.8 Å². The van der Waals surface area contributed by atoms with E-state index in [1.165, 1.54) is 18.2 Å². The van der Waals surface area contributed by atoms with E-state index in [4.69, 9.17) is 0 Å². The van der Waals surface area contributed by atoms with Crippen LogP contribution in [0.25, 0.3) is 11.1 Å². The first-order valence-corrected chi connectivity index (χ1v) is 10.4. The van der Waals surface area contributed by atoms with E-state index < -0.39 is 5.82 Å². The predicted molar refractivity (Wildman–Crippen MR) is 118 cm³/mol. The molecule has 1 aliphatic rings. The van der Waals surface area contributed by atoms with Gasteiger partial charge in [0.25, 0.3) is 5.91 Å². The number of halogens is 2. The van der Waals surface area contributed by atoms with Gasteiger partial charge in [0, 0.05) is 43.5 Å². The standard InChI is InChI=1S/C25H22F2N4O/c1-17-14-20(26)6-8-21(17)22-7-5-18(15-23(22)27)25(32)31-11-3-10-30(12-13-31)24-19(16-28)4-2-9-29-24/h2,4-9,14-15H,3,10-13H2,1H3. The average Bonchev–Trinajstić information content (AvgIpc) is 3.05. The molecule has 0 atom stereocenters. The molecule has 3 aromatic rings. The van der Waals surface area contributed by atoms with Crippen molar-refractivity contribution in [3.63, 3.8) is 0 Å². The number of nitriles is 1. The van der Waals surface area contributed by atoms with Gasteiger partial charge in [-0.05, 0) is 60.9 Å². The van der Waals surface area contributed by atoms with Gasteiger partial charge in [-0.3, -0.25) is 4.79 Å². The molecule has 1 saturated heterocycles. The van der Waals surface area contributed by atoms with Gasteiger partial charge in [0.05, 0.1) is 5.56 Å². The molecule has 2 heterocycles. The van der Waals surface area contributed by atoms with Gasteiger partial charge < -0.3 is 9.80 Å². The van der Waals surface area contributed by atoms with Crippen LogP contribution < -0.4 is 4.90 Å². The minimum Gasteiger partial charge on any atom is -0.354 e. The van der Waals surface area contributed by atoms with Gasteiger partial charge in [0.15, 0.2) is 0 Å². The summed E-state index contributed by atoms with van der Waals surface area (Å²) in [4.78, 5) is 21.1. The van der Waals surface area contributed by atoms with Crippen LogP contribution in [-0.2, 0) is 0 Å². The van der Waals surface area contributed by atoms with E-state index in [0.29, 0.717) is 60.7 Å². The van der Waals surface area contributed by atoms with Crippen molar-refractivity contribution in [2.24, 2.45) is 0 Å². The maximum Gasteiger partial charge on any atom is 0.254 e. The number of aromatic nitrogens is 1. The minimum atomic E-state index is -0.519. The molecule has 0 spiro atoms. The third kappa shape index (κ3) is 4.30. The van der Waals surface area contributed by atoms with E-state index >= 15 is 0 Å². The van der Waals surface area contributed by atoms with Crippen molar-refractivity contribution in [3.8, 4) is 17.2 Å². The van der Waals surface area contributed by atoms with Crippen molar-refractivity contribution in [1.29, 1.82) is 5.26 Å². The first kappa shape index (κ1) is 21.4. The molecule has 1 aliphatic heterocycles. The molecule has 7 heteroatoms. The molecular weight excluding hydrogens is 410 g/mol. The Morgan fingerprint density at radius 1 is 1.03 bits per heavy atom. The summed E-state index contributed by atoms with van der Waals surface area (Å²) < 4.78 is 28.3. The number of rotatable bonds is 3. The zero-order chi connectivity index (χ0) is 22.7. The summed E-state index contributed by atoms with van der Waals surface area (Å²) in [5, 5.41) is 9.33. The highest BCUT2D eigenvalue weighted by atomic mass is 19.1. The maximum atomic E-state index is 14.9. The Morgan fingerprint density at radius 2 is 1.84 bits per heavy atom. The Labute approximate surface area is 185 Å². The highest BCUT2D eigenvalue weighted by Gasteiger charge is 2.23. The first-order chi connectivity index (χ1) is 15.5. The quantitative estimate of drug-likeness (QED) is 0.609. The lowest BCUT2D eigenvalue weighted by Gasteiger charge is -2.23. The summed E-state index contributed by atoms with van der Waals surface area (Å²) in [6.45, 7) is 3.91. The average molecular weight is 432 g/mol. The van der Waals surface area contributed by atoms with Crippen molar-refractivity contribution in [2.75, 3.05) is 31.1 Å². The van der Waals surface area contributed by atoms with Crippen molar-refractivity contribution < 1.29 is 13.6 Å². The van der Waals surface area contributed by atoms with Gasteiger partial charge in [0.1, 0.15) is 23.5 Å². The molecule has 1 aromatic heterocycles. The Kier molecular flexibility index (Phi) is 6.13. The fraction of sp³-hybridized carbons (Fsp3) is 0.240. The Morgan fingerprint density at radius 3 is 2.59 bits per heavy atom. The SMILES string of the molecule is Cc1cc(F)ccc1-c1ccc(C(=O)N2CCCN(c3ncccc3C#N)CC2)cc1F. The third-order valence-electron chi connectivity index (χ3n) is 5.68. The van der Waals surface area contributed by atoms with E-state index in [0.717, 1.165) is 0 Å². The zero-order valence-corrected chi connectivity index (χ0v) is 17.7. The molecule has 162 valence electrons. The van der Waals surface area contributed by atoms with Crippen molar-refractivity contribution in [2.45, 2.75) is 13.3 Å². The highest BCUT2D eigenvalue weighted by Crippen LogP contribution is 2.28. The minimum absolute atomic E-state index is 0.241. The van der Waals surface area contributed by atoms with Crippen LogP contribution in [0.4, 0.5) is 14.6 Å². The second kappa shape index (κ2) is 9.15. The number of pyridine rings is 1. The molecule has 0 saturated carbocycles. The molecule has 4 rings (SSSR count). The van der Waals surface area contributed by atoms with Crippen LogP contribution in [-0.4, -0.2) is 42.0 Å². The van der Waals surface area contributed by atoms with Crippen LogP contribution in [0.15, 0.2) is 54.7 Å². The second-order valence-corrected chi connectivity index (χ2v) is 7.77. The number of carbonyl (C=O) groups is 1. The van der Waals surface area contributed by atoms with Crippen molar-refractivity contribution in [3.05, 3.63) is 83.1 Å². The number of amides is 1. The molecule has 0 radical (unpaired) electrons. The third-order valence-corrected chi connectivity index (χ3v) is 5.68. The Bertz CT molecular complexity index is 1200. The molecule has 0 aliphatic carbocycles. The number of benzene rings is 2. The van der Waals surface area contributed by atoms with Gasteiger partial charge in [-0.15, -0.1) is 0 Å². The van der Waals surface area contributed by atoms with Crippen molar-refractivity contribution in [1.82, 2.24) is 9.88 Å². The lowest BCUT2D eigenvalue weighted by molar-refractivity contribution is 0.0766. The first-order valence-electron chi connectivity index (χ1n) is 10.4. The number of hydrogen-bond donors (Lipinski definition) is 0. The van der Waals surface area contributed by atoms with E-state index in [1.807, 2.05) is 4.90 Å². The van der Waals surface area contributed by atoms with E-state index in [9.17, 15) is 18.8 Å². The van der Waals surface area contributed by atoms with Gasteiger partial charge in [-0.1, -0.05) is 12.1 Å². The van der Waals surface area contributed by atoms with Crippen LogP contribution in [0.1, 0.15) is 27.9 Å². The normalized spacial score (nSPS) is 14.1. The number of carbonyl (C=O) groups excluding carboxylic acids is 1. The predicted octanol–water partition coefficient (Wildman–Crippen LogP) is 4.56. The van der Waals surface area contributed by atoms with Gasteiger partial charge in [0.2, 0.25) is 0 Å². The lowest BCUT2D eigenvalue weighted by Crippen LogP contribution is -2.35. The second-order valence-electron chi connectivity index (χ2n) is 7.77. The molecule has 0 bridgehead atoms. The zero-order valence-electron chi connectivity index (χ0n) is 17.7.